The summed E-state index contributed by atoms with van der Waals surface area (Å²) in [5.74, 6) is -0.988. The summed E-state index contributed by atoms with van der Waals surface area (Å²) in [5.41, 5.74) is 1.28. The molecule has 8 heteroatoms. The molecular weight excluding hydrogens is 324 g/mol. The lowest BCUT2D eigenvalue weighted by molar-refractivity contribution is -0.384. The second-order valence-corrected chi connectivity index (χ2v) is 5.34. The monoisotopic (exact) mass is 338 g/mol. The Balaban J connectivity index is 1.69. The number of aromatic hydroxyl groups is 1. The van der Waals surface area contributed by atoms with E-state index in [-0.39, 0.29) is 11.3 Å². The molecule has 0 spiro atoms. The molecule has 126 valence electrons. The van der Waals surface area contributed by atoms with Gasteiger partial charge in [-0.2, -0.15) is 0 Å². The third kappa shape index (κ3) is 3.81. The Morgan fingerprint density at radius 2 is 2.00 bits per heavy atom. The summed E-state index contributed by atoms with van der Waals surface area (Å²) in [7, 11) is 0. The Kier molecular flexibility index (Phi) is 4.42. The molecule has 0 aliphatic carbocycles. The number of benzene rings is 2. The number of carbonyl (C=O) groups excluding carboxylic acids is 1. The van der Waals surface area contributed by atoms with Crippen LogP contribution < -0.4 is 5.32 Å². The van der Waals surface area contributed by atoms with Gasteiger partial charge in [0.1, 0.15) is 5.75 Å². The van der Waals surface area contributed by atoms with Gasteiger partial charge in [0, 0.05) is 30.7 Å². The van der Waals surface area contributed by atoms with Gasteiger partial charge >= 0.3 is 0 Å². The third-order valence-electron chi connectivity index (χ3n) is 3.57. The zero-order valence-electron chi connectivity index (χ0n) is 13.0. The van der Waals surface area contributed by atoms with Crippen molar-refractivity contribution in [3.05, 3.63) is 82.4 Å². The molecule has 0 saturated carbocycles. The Hall–Kier alpha value is -3.68. The molecule has 3 aromatic rings. The molecule has 0 radical (unpaired) electrons. The molecule has 25 heavy (non-hydrogen) atoms. The summed E-state index contributed by atoms with van der Waals surface area (Å²) in [5, 5.41) is 23.1. The van der Waals surface area contributed by atoms with Crippen LogP contribution in [-0.4, -0.2) is 25.5 Å². The molecule has 1 amide bonds. The van der Waals surface area contributed by atoms with Crippen LogP contribution in [0.2, 0.25) is 0 Å². The number of phenolic OH excluding ortho intramolecular Hbond substituents is 1. The summed E-state index contributed by atoms with van der Waals surface area (Å²) in [6.45, 7) is 0.664. The third-order valence-corrected chi connectivity index (χ3v) is 3.57. The van der Waals surface area contributed by atoms with E-state index < -0.39 is 16.6 Å². The maximum atomic E-state index is 12.2. The van der Waals surface area contributed by atoms with E-state index in [1.165, 1.54) is 12.1 Å². The maximum Gasteiger partial charge on any atom is 0.273 e. The minimum Gasteiger partial charge on any atom is -0.507 e. The largest absolute Gasteiger partial charge is 0.507 e. The van der Waals surface area contributed by atoms with E-state index in [2.05, 4.69) is 10.3 Å². The highest BCUT2D eigenvalue weighted by atomic mass is 16.6. The lowest BCUT2D eigenvalue weighted by Gasteiger charge is -2.08. The zero-order chi connectivity index (χ0) is 17.8. The van der Waals surface area contributed by atoms with Crippen molar-refractivity contribution < 1.29 is 14.8 Å². The molecule has 0 aliphatic rings. The lowest BCUT2D eigenvalue weighted by atomic mass is 10.1. The maximum absolute atomic E-state index is 12.2. The first-order chi connectivity index (χ1) is 12.0. The Bertz CT molecular complexity index is 905. The number of nitrogens with zero attached hydrogens (tertiary/aromatic N) is 3. The summed E-state index contributed by atoms with van der Waals surface area (Å²) in [4.78, 5) is 26.2. The molecule has 0 bridgehead atoms. The summed E-state index contributed by atoms with van der Waals surface area (Å²) >= 11 is 0. The molecule has 0 aliphatic heterocycles. The second-order valence-electron chi connectivity index (χ2n) is 5.34. The van der Waals surface area contributed by atoms with Crippen molar-refractivity contribution in [3.8, 4) is 5.75 Å². The number of nitrogens with one attached hydrogen (secondary N) is 1. The van der Waals surface area contributed by atoms with E-state index in [1.807, 2.05) is 22.9 Å². The fraction of sp³-hybridized carbons (Fsp3) is 0.0588. The van der Waals surface area contributed by atoms with Crippen molar-refractivity contribution in [2.24, 2.45) is 0 Å². The number of amides is 1. The standard InChI is InChI=1S/C17H14N4O4/c22-16-9-14(21(24)25)5-6-15(16)17(23)19-13-3-1-12(2-4-13)10-20-8-7-18-11-20/h1-9,11,22H,10H2,(H,19,23). The van der Waals surface area contributed by atoms with Crippen LogP contribution >= 0.6 is 0 Å². The van der Waals surface area contributed by atoms with Crippen LogP contribution in [0.15, 0.2) is 61.2 Å². The number of aromatic nitrogens is 2. The number of nitro benzene ring substituents is 1. The highest BCUT2D eigenvalue weighted by Gasteiger charge is 2.15. The van der Waals surface area contributed by atoms with Crippen LogP contribution in [0.5, 0.6) is 5.75 Å². The van der Waals surface area contributed by atoms with Gasteiger partial charge in [-0.25, -0.2) is 4.98 Å². The van der Waals surface area contributed by atoms with E-state index in [0.29, 0.717) is 12.2 Å². The highest BCUT2D eigenvalue weighted by molar-refractivity contribution is 6.06. The van der Waals surface area contributed by atoms with Crippen LogP contribution in [0.1, 0.15) is 15.9 Å². The van der Waals surface area contributed by atoms with Crippen molar-refractivity contribution >= 4 is 17.3 Å². The van der Waals surface area contributed by atoms with E-state index in [1.54, 1.807) is 24.7 Å². The van der Waals surface area contributed by atoms with Gasteiger partial charge in [-0.3, -0.25) is 14.9 Å². The minimum absolute atomic E-state index is 0.0342. The van der Waals surface area contributed by atoms with E-state index >= 15 is 0 Å². The molecule has 8 nitrogen and oxygen atoms in total. The first kappa shape index (κ1) is 16.2. The van der Waals surface area contributed by atoms with Gasteiger partial charge in [-0.05, 0) is 23.8 Å². The number of phenols is 1. The second kappa shape index (κ2) is 6.83. The van der Waals surface area contributed by atoms with E-state index in [4.69, 9.17) is 0 Å². The van der Waals surface area contributed by atoms with Gasteiger partial charge in [0.2, 0.25) is 0 Å². The smallest absolute Gasteiger partial charge is 0.273 e. The quantitative estimate of drug-likeness (QED) is 0.549. The summed E-state index contributed by atoms with van der Waals surface area (Å²) in [6, 6.07) is 10.6. The molecule has 1 aromatic heterocycles. The average Bonchev–Trinajstić information content (AvgIpc) is 3.09. The predicted octanol–water partition coefficient (Wildman–Crippen LogP) is 2.80. The summed E-state index contributed by atoms with van der Waals surface area (Å²) in [6.07, 6.45) is 5.27. The van der Waals surface area contributed by atoms with Crippen molar-refractivity contribution in [2.75, 3.05) is 5.32 Å². The van der Waals surface area contributed by atoms with Gasteiger partial charge in [-0.15, -0.1) is 0 Å². The molecule has 1 heterocycles. The predicted molar refractivity (Wildman–Crippen MR) is 90.5 cm³/mol. The number of carbonyl (C=O) groups is 1. The average molecular weight is 338 g/mol. The van der Waals surface area contributed by atoms with Crippen LogP contribution in [0.4, 0.5) is 11.4 Å². The topological polar surface area (TPSA) is 110 Å². The first-order valence-electron chi connectivity index (χ1n) is 7.36. The molecular formula is C17H14N4O4. The highest BCUT2D eigenvalue weighted by Crippen LogP contribution is 2.24. The Morgan fingerprint density at radius 3 is 2.60 bits per heavy atom. The zero-order valence-corrected chi connectivity index (χ0v) is 13.0. The van der Waals surface area contributed by atoms with Gasteiger partial charge in [0.15, 0.2) is 0 Å². The van der Waals surface area contributed by atoms with Crippen molar-refractivity contribution in [2.45, 2.75) is 6.54 Å². The van der Waals surface area contributed by atoms with Crippen molar-refractivity contribution in [3.63, 3.8) is 0 Å². The number of anilines is 1. The first-order valence-corrected chi connectivity index (χ1v) is 7.36. The fourth-order valence-electron chi connectivity index (χ4n) is 2.31. The van der Waals surface area contributed by atoms with Crippen LogP contribution in [-0.2, 0) is 6.54 Å². The fourth-order valence-corrected chi connectivity index (χ4v) is 2.31. The van der Waals surface area contributed by atoms with Gasteiger partial charge in [0.25, 0.3) is 11.6 Å². The summed E-state index contributed by atoms with van der Waals surface area (Å²) < 4.78 is 1.92. The van der Waals surface area contributed by atoms with Crippen LogP contribution in [0.25, 0.3) is 0 Å². The van der Waals surface area contributed by atoms with E-state index in [9.17, 15) is 20.0 Å². The molecule has 0 fully saturated rings. The van der Waals surface area contributed by atoms with Crippen LogP contribution in [0, 0.1) is 10.1 Å². The van der Waals surface area contributed by atoms with Crippen molar-refractivity contribution in [1.82, 2.24) is 9.55 Å². The molecule has 0 saturated heterocycles. The molecule has 2 N–H and O–H groups in total. The number of nitro groups is 1. The SMILES string of the molecule is O=C(Nc1ccc(Cn2ccnc2)cc1)c1ccc([N+](=O)[O-])cc1O. The number of hydrogen-bond acceptors (Lipinski definition) is 5. The lowest BCUT2D eigenvalue weighted by Crippen LogP contribution is -2.12. The Labute approximate surface area is 142 Å². The number of imidazole rings is 1. The minimum atomic E-state index is -0.638. The number of rotatable bonds is 5. The molecule has 3 rings (SSSR count). The molecule has 0 unspecified atom stereocenters. The molecule has 2 aromatic carbocycles. The van der Waals surface area contributed by atoms with E-state index in [0.717, 1.165) is 11.6 Å². The Morgan fingerprint density at radius 1 is 1.24 bits per heavy atom. The van der Waals surface area contributed by atoms with Gasteiger partial charge in [-0.1, -0.05) is 12.1 Å². The van der Waals surface area contributed by atoms with Crippen LogP contribution in [0.3, 0.4) is 0 Å². The number of hydrogen-bond donors (Lipinski definition) is 2. The number of non-ortho nitro benzene ring substituents is 1. The van der Waals surface area contributed by atoms with Gasteiger partial charge in [0.05, 0.1) is 22.9 Å². The molecule has 0 atom stereocenters. The van der Waals surface area contributed by atoms with Crippen molar-refractivity contribution in [1.29, 1.82) is 0 Å². The normalized spacial score (nSPS) is 10.4. The van der Waals surface area contributed by atoms with Gasteiger partial charge < -0.3 is 15.0 Å².